The molecule has 0 radical (unpaired) electrons. The largest absolute Gasteiger partial charge is 0.382 e. The third kappa shape index (κ3) is 1.67. The van der Waals surface area contributed by atoms with Crippen LogP contribution in [0.15, 0.2) is 41.7 Å². The number of aliphatic hydroxyl groups excluding tert-OH is 1. The predicted molar refractivity (Wildman–Crippen MR) is 57.5 cm³/mol. The van der Waals surface area contributed by atoms with E-state index in [1.165, 1.54) is 6.08 Å². The van der Waals surface area contributed by atoms with Crippen LogP contribution in [-0.4, -0.2) is 15.1 Å². The van der Waals surface area contributed by atoms with Gasteiger partial charge in [0.2, 0.25) is 0 Å². The number of hydrogen-bond acceptors (Lipinski definition) is 3. The number of para-hydroxylation sites is 2. The van der Waals surface area contributed by atoms with E-state index in [1.54, 1.807) is 12.1 Å². The number of H-pyrrole nitrogens is 1. The van der Waals surface area contributed by atoms with Crippen molar-refractivity contribution in [1.29, 1.82) is 0 Å². The quantitative estimate of drug-likeness (QED) is 0.718. The minimum Gasteiger partial charge on any atom is -0.382 e. The molecule has 15 heavy (non-hydrogen) atoms. The number of benzene rings is 1. The highest BCUT2D eigenvalue weighted by atomic mass is 16.3. The van der Waals surface area contributed by atoms with E-state index >= 15 is 0 Å². The number of hydrogen-bond donors (Lipinski definition) is 2. The normalized spacial score (nSPS) is 12.6. The molecule has 0 aliphatic rings. The lowest BCUT2D eigenvalue weighted by molar-refractivity contribution is 0.222. The zero-order valence-electron chi connectivity index (χ0n) is 7.97. The molecule has 0 amide bonds. The Kier molecular flexibility index (Phi) is 2.35. The summed E-state index contributed by atoms with van der Waals surface area (Å²) in [6, 6.07) is 7.15. The molecule has 1 aromatic carbocycles. The van der Waals surface area contributed by atoms with Crippen LogP contribution in [0, 0.1) is 0 Å². The van der Waals surface area contributed by atoms with Gasteiger partial charge >= 0.3 is 0 Å². The average molecular weight is 202 g/mol. The summed E-state index contributed by atoms with van der Waals surface area (Å²) in [5, 5.41) is 9.47. The van der Waals surface area contributed by atoms with Crippen LogP contribution >= 0.6 is 0 Å². The van der Waals surface area contributed by atoms with Crippen molar-refractivity contribution in [1.82, 2.24) is 9.97 Å². The number of aromatic amines is 1. The van der Waals surface area contributed by atoms with Gasteiger partial charge in [-0.15, -0.1) is 6.58 Å². The molecular formula is C11H10N2O2. The Morgan fingerprint density at radius 1 is 1.47 bits per heavy atom. The number of aromatic nitrogens is 2. The smallest absolute Gasteiger partial charge is 0.273 e. The molecule has 1 atom stereocenters. The third-order valence-corrected chi connectivity index (χ3v) is 2.13. The topological polar surface area (TPSA) is 66.0 Å². The molecule has 0 spiro atoms. The number of rotatable bonds is 2. The van der Waals surface area contributed by atoms with E-state index in [2.05, 4.69) is 16.5 Å². The van der Waals surface area contributed by atoms with Gasteiger partial charge < -0.3 is 10.1 Å². The van der Waals surface area contributed by atoms with Gasteiger partial charge in [-0.2, -0.15) is 0 Å². The molecule has 4 heteroatoms. The van der Waals surface area contributed by atoms with Gasteiger partial charge in [0.25, 0.3) is 5.56 Å². The fraction of sp³-hybridized carbons (Fsp3) is 0.0909. The second-order valence-electron chi connectivity index (χ2n) is 3.15. The summed E-state index contributed by atoms with van der Waals surface area (Å²) >= 11 is 0. The maximum absolute atomic E-state index is 11.5. The molecule has 1 heterocycles. The molecule has 1 unspecified atom stereocenters. The summed E-state index contributed by atoms with van der Waals surface area (Å²) in [5.41, 5.74) is 0.986. The number of aliphatic hydroxyl groups is 1. The monoisotopic (exact) mass is 202 g/mol. The van der Waals surface area contributed by atoms with E-state index in [-0.39, 0.29) is 11.3 Å². The first-order valence-corrected chi connectivity index (χ1v) is 4.52. The van der Waals surface area contributed by atoms with Crippen LogP contribution in [0.3, 0.4) is 0 Å². The van der Waals surface area contributed by atoms with Gasteiger partial charge in [0.15, 0.2) is 0 Å². The third-order valence-electron chi connectivity index (χ3n) is 2.13. The van der Waals surface area contributed by atoms with E-state index in [9.17, 15) is 9.90 Å². The Hall–Kier alpha value is -1.94. The van der Waals surface area contributed by atoms with Crippen LogP contribution in [0.25, 0.3) is 11.0 Å². The van der Waals surface area contributed by atoms with Crippen LogP contribution in [-0.2, 0) is 0 Å². The van der Waals surface area contributed by atoms with E-state index in [1.807, 2.05) is 12.1 Å². The Bertz CT molecular complexity index is 560. The van der Waals surface area contributed by atoms with Gasteiger partial charge in [0.1, 0.15) is 11.8 Å². The van der Waals surface area contributed by atoms with Gasteiger partial charge in [-0.3, -0.25) is 4.79 Å². The molecule has 0 bridgehead atoms. The molecule has 2 aromatic rings. The fourth-order valence-corrected chi connectivity index (χ4v) is 1.36. The maximum Gasteiger partial charge on any atom is 0.273 e. The minimum atomic E-state index is -1.03. The molecule has 76 valence electrons. The molecule has 2 rings (SSSR count). The highest BCUT2D eigenvalue weighted by molar-refractivity contribution is 5.73. The molecule has 0 saturated heterocycles. The second kappa shape index (κ2) is 3.67. The van der Waals surface area contributed by atoms with Crippen molar-refractivity contribution in [3.63, 3.8) is 0 Å². The zero-order valence-corrected chi connectivity index (χ0v) is 7.97. The van der Waals surface area contributed by atoms with Crippen LogP contribution in [0.5, 0.6) is 0 Å². The molecular weight excluding hydrogens is 192 g/mol. The van der Waals surface area contributed by atoms with Crippen LogP contribution < -0.4 is 5.56 Å². The first-order chi connectivity index (χ1) is 7.22. The highest BCUT2D eigenvalue weighted by Crippen LogP contribution is 2.10. The van der Waals surface area contributed by atoms with Crippen LogP contribution in [0.1, 0.15) is 11.8 Å². The fourth-order valence-electron chi connectivity index (χ4n) is 1.36. The molecule has 1 aromatic heterocycles. The van der Waals surface area contributed by atoms with Crippen molar-refractivity contribution in [3.05, 3.63) is 53.0 Å². The highest BCUT2D eigenvalue weighted by Gasteiger charge is 2.10. The summed E-state index contributed by atoms with van der Waals surface area (Å²) in [7, 11) is 0. The number of fused-ring (bicyclic) bond motifs is 1. The van der Waals surface area contributed by atoms with E-state index in [0.29, 0.717) is 11.0 Å². The van der Waals surface area contributed by atoms with Crippen molar-refractivity contribution in [2.75, 3.05) is 0 Å². The predicted octanol–water partition coefficient (Wildman–Crippen LogP) is 1.14. The lowest BCUT2D eigenvalue weighted by Crippen LogP contribution is -2.17. The lowest BCUT2D eigenvalue weighted by Gasteiger charge is -2.04. The van der Waals surface area contributed by atoms with E-state index < -0.39 is 6.10 Å². The minimum absolute atomic E-state index is 0.0729. The maximum atomic E-state index is 11.5. The van der Waals surface area contributed by atoms with Crippen molar-refractivity contribution < 1.29 is 5.11 Å². The first-order valence-electron chi connectivity index (χ1n) is 4.52. The summed E-state index contributed by atoms with van der Waals surface area (Å²) in [6.45, 7) is 3.42. The van der Waals surface area contributed by atoms with Crippen molar-refractivity contribution in [2.24, 2.45) is 0 Å². The summed E-state index contributed by atoms with van der Waals surface area (Å²) in [6.07, 6.45) is 0.241. The molecule has 4 nitrogen and oxygen atoms in total. The molecule has 0 fully saturated rings. The van der Waals surface area contributed by atoms with Gasteiger partial charge in [-0.1, -0.05) is 18.2 Å². The molecule has 2 N–H and O–H groups in total. The van der Waals surface area contributed by atoms with Crippen LogP contribution in [0.4, 0.5) is 0 Å². The Balaban J connectivity index is 2.72. The lowest BCUT2D eigenvalue weighted by atomic mass is 10.2. The SMILES string of the molecule is C=CC(O)c1nc2ccccc2[nH]c1=O. The number of nitrogens with one attached hydrogen (secondary N) is 1. The molecule has 0 saturated carbocycles. The standard InChI is InChI=1S/C11H10N2O2/c1-2-9(14)10-11(15)13-8-6-4-3-5-7(8)12-10/h2-6,9,14H,1H2,(H,13,15). The van der Waals surface area contributed by atoms with Crippen molar-refractivity contribution in [3.8, 4) is 0 Å². The zero-order chi connectivity index (χ0) is 10.8. The Morgan fingerprint density at radius 3 is 2.93 bits per heavy atom. The second-order valence-corrected chi connectivity index (χ2v) is 3.15. The Labute approximate surface area is 85.9 Å². The van der Waals surface area contributed by atoms with Crippen LogP contribution in [0.2, 0.25) is 0 Å². The Morgan fingerprint density at radius 2 is 2.20 bits per heavy atom. The van der Waals surface area contributed by atoms with Crippen molar-refractivity contribution in [2.45, 2.75) is 6.10 Å². The summed E-state index contributed by atoms with van der Waals surface area (Å²) in [4.78, 5) is 18.2. The van der Waals surface area contributed by atoms with E-state index in [4.69, 9.17) is 0 Å². The number of nitrogens with zero attached hydrogens (tertiary/aromatic N) is 1. The summed E-state index contributed by atoms with van der Waals surface area (Å²) in [5.74, 6) is 0. The summed E-state index contributed by atoms with van der Waals surface area (Å²) < 4.78 is 0. The molecule has 0 aliphatic carbocycles. The van der Waals surface area contributed by atoms with Gasteiger partial charge in [-0.25, -0.2) is 4.98 Å². The van der Waals surface area contributed by atoms with Gasteiger partial charge in [0, 0.05) is 0 Å². The van der Waals surface area contributed by atoms with Gasteiger partial charge in [-0.05, 0) is 12.1 Å². The van der Waals surface area contributed by atoms with Crippen molar-refractivity contribution >= 4 is 11.0 Å². The van der Waals surface area contributed by atoms with Gasteiger partial charge in [0.05, 0.1) is 11.0 Å². The molecule has 0 aliphatic heterocycles. The first kappa shape index (κ1) is 9.61. The van der Waals surface area contributed by atoms with E-state index in [0.717, 1.165) is 0 Å². The average Bonchev–Trinajstić information content (AvgIpc) is 2.27.